The van der Waals surface area contributed by atoms with Crippen LogP contribution in [0.2, 0.25) is 0 Å². The summed E-state index contributed by atoms with van der Waals surface area (Å²) < 4.78 is 38.5. The van der Waals surface area contributed by atoms with Crippen LogP contribution in [0.5, 0.6) is 0 Å². The molecule has 0 aliphatic heterocycles. The molecule has 1 aliphatic carbocycles. The quantitative estimate of drug-likeness (QED) is 0.870. The molecule has 1 aliphatic rings. The first-order valence-corrected chi connectivity index (χ1v) is 6.69. The van der Waals surface area contributed by atoms with Crippen LogP contribution in [0, 0.1) is 5.41 Å². The van der Waals surface area contributed by atoms with Gasteiger partial charge in [-0.25, -0.2) is 4.98 Å². The molecule has 1 fully saturated rings. The van der Waals surface area contributed by atoms with Crippen LogP contribution in [0.3, 0.4) is 0 Å². The molecule has 0 saturated heterocycles. The van der Waals surface area contributed by atoms with E-state index in [4.69, 9.17) is 0 Å². The molecule has 1 saturated carbocycles. The maximum Gasteiger partial charge on any atom is 0.433 e. The molecule has 0 spiro atoms. The van der Waals surface area contributed by atoms with Crippen LogP contribution in [0.25, 0.3) is 0 Å². The predicted molar refractivity (Wildman–Crippen MR) is 71.6 cm³/mol. The van der Waals surface area contributed by atoms with Gasteiger partial charge >= 0.3 is 6.18 Å². The van der Waals surface area contributed by atoms with Crippen molar-refractivity contribution in [3.8, 4) is 0 Å². The molecule has 1 heterocycles. The van der Waals surface area contributed by atoms with Crippen molar-refractivity contribution in [1.82, 2.24) is 9.97 Å². The van der Waals surface area contributed by atoms with Gasteiger partial charge in [-0.2, -0.15) is 18.2 Å². The summed E-state index contributed by atoms with van der Waals surface area (Å²) in [7, 11) is 0. The monoisotopic (exact) mass is 288 g/mol. The topological polar surface area (TPSA) is 49.8 Å². The molecular weight excluding hydrogens is 269 g/mol. The van der Waals surface area contributed by atoms with E-state index in [1.807, 2.05) is 6.92 Å². The Morgan fingerprint density at radius 3 is 2.50 bits per heavy atom. The minimum absolute atomic E-state index is 0.0163. The van der Waals surface area contributed by atoms with Crippen molar-refractivity contribution < 1.29 is 13.2 Å². The second-order valence-electron chi connectivity index (χ2n) is 5.78. The molecule has 1 aromatic rings. The third-order valence-electron chi connectivity index (χ3n) is 3.39. The summed E-state index contributed by atoms with van der Waals surface area (Å²) in [5.74, 6) is 0.240. The number of alkyl halides is 3. The molecular formula is C13H19F3N4. The van der Waals surface area contributed by atoms with Crippen molar-refractivity contribution in [3.05, 3.63) is 11.8 Å². The van der Waals surface area contributed by atoms with Gasteiger partial charge in [-0.05, 0) is 18.3 Å². The number of nitrogens with zero attached hydrogens (tertiary/aromatic N) is 2. The van der Waals surface area contributed by atoms with Crippen molar-refractivity contribution in [1.29, 1.82) is 0 Å². The minimum Gasteiger partial charge on any atom is -0.367 e. The van der Waals surface area contributed by atoms with Gasteiger partial charge < -0.3 is 10.6 Å². The van der Waals surface area contributed by atoms with Crippen LogP contribution in [0.1, 0.15) is 39.3 Å². The molecule has 20 heavy (non-hydrogen) atoms. The van der Waals surface area contributed by atoms with E-state index in [1.165, 1.54) is 0 Å². The van der Waals surface area contributed by atoms with Crippen molar-refractivity contribution >= 4 is 11.8 Å². The van der Waals surface area contributed by atoms with Crippen molar-refractivity contribution in [2.45, 2.75) is 45.8 Å². The average molecular weight is 288 g/mol. The first-order chi connectivity index (χ1) is 9.22. The van der Waals surface area contributed by atoms with E-state index in [9.17, 15) is 13.2 Å². The highest BCUT2D eigenvalue weighted by Crippen LogP contribution is 2.46. The lowest BCUT2D eigenvalue weighted by atomic mass is 10.2. The van der Waals surface area contributed by atoms with Gasteiger partial charge in [0.15, 0.2) is 5.69 Å². The zero-order valence-corrected chi connectivity index (χ0v) is 11.8. The van der Waals surface area contributed by atoms with Gasteiger partial charge in [0.25, 0.3) is 0 Å². The fraction of sp³-hybridized carbons (Fsp3) is 0.692. The lowest BCUT2D eigenvalue weighted by molar-refractivity contribution is -0.141. The van der Waals surface area contributed by atoms with Crippen LogP contribution in [0.15, 0.2) is 6.07 Å². The first kappa shape index (κ1) is 14.9. The number of aromatic nitrogens is 2. The van der Waals surface area contributed by atoms with Crippen LogP contribution >= 0.6 is 0 Å². The second kappa shape index (κ2) is 5.10. The van der Waals surface area contributed by atoms with E-state index in [-0.39, 0.29) is 23.2 Å². The fourth-order valence-corrected chi connectivity index (χ4v) is 1.87. The van der Waals surface area contributed by atoms with Crippen LogP contribution in [-0.2, 0) is 6.18 Å². The molecule has 4 nitrogen and oxygen atoms in total. The number of anilines is 2. The van der Waals surface area contributed by atoms with E-state index in [1.54, 1.807) is 0 Å². The van der Waals surface area contributed by atoms with E-state index in [0.29, 0.717) is 6.54 Å². The summed E-state index contributed by atoms with van der Waals surface area (Å²) in [6.45, 7) is 6.59. The lowest BCUT2D eigenvalue weighted by Crippen LogP contribution is -2.16. The van der Waals surface area contributed by atoms with Crippen molar-refractivity contribution in [3.63, 3.8) is 0 Å². The number of hydrogen-bond donors (Lipinski definition) is 2. The Kier molecular flexibility index (Phi) is 3.80. The maximum atomic E-state index is 12.8. The Balaban J connectivity index is 2.21. The zero-order chi connectivity index (χ0) is 15.0. The predicted octanol–water partition coefficient (Wildman–Crippen LogP) is 3.53. The summed E-state index contributed by atoms with van der Waals surface area (Å²) in [6, 6.07) is 1.13. The standard InChI is InChI=1S/C13H19F3N4/c1-4-5-17-11-19-8(13(14,15)16)6-10(20-11)18-9-7-12(9,2)3/h6,9H,4-5,7H2,1-3H3,(H2,17,18,19,20). The number of halogens is 3. The Labute approximate surface area is 116 Å². The van der Waals surface area contributed by atoms with E-state index >= 15 is 0 Å². The van der Waals surface area contributed by atoms with Gasteiger partial charge in [-0.15, -0.1) is 0 Å². The summed E-state index contributed by atoms with van der Waals surface area (Å²) in [6.07, 6.45) is -2.75. The SMILES string of the molecule is CCCNc1nc(NC2CC2(C)C)cc(C(F)(F)F)n1. The molecule has 0 aromatic carbocycles. The summed E-state index contributed by atoms with van der Waals surface area (Å²) in [4.78, 5) is 7.62. The third kappa shape index (κ3) is 3.52. The molecule has 0 amide bonds. The molecule has 2 rings (SSSR count). The van der Waals surface area contributed by atoms with Crippen molar-refractivity contribution in [2.75, 3.05) is 17.2 Å². The Morgan fingerprint density at radius 1 is 1.35 bits per heavy atom. The van der Waals surface area contributed by atoms with Crippen LogP contribution < -0.4 is 10.6 Å². The van der Waals surface area contributed by atoms with E-state index < -0.39 is 11.9 Å². The van der Waals surface area contributed by atoms with Gasteiger partial charge in [0.2, 0.25) is 5.95 Å². The Morgan fingerprint density at radius 2 is 2.00 bits per heavy atom. The molecule has 7 heteroatoms. The van der Waals surface area contributed by atoms with E-state index in [2.05, 4.69) is 34.4 Å². The lowest BCUT2D eigenvalue weighted by Gasteiger charge is -2.13. The van der Waals surface area contributed by atoms with E-state index in [0.717, 1.165) is 18.9 Å². The second-order valence-corrected chi connectivity index (χ2v) is 5.78. The molecule has 112 valence electrons. The summed E-state index contributed by atoms with van der Waals surface area (Å²) in [5, 5.41) is 5.84. The summed E-state index contributed by atoms with van der Waals surface area (Å²) in [5.41, 5.74) is -0.813. The van der Waals surface area contributed by atoms with Crippen LogP contribution in [-0.4, -0.2) is 22.6 Å². The molecule has 1 aromatic heterocycles. The van der Waals surface area contributed by atoms with Gasteiger partial charge in [0.1, 0.15) is 5.82 Å². The van der Waals surface area contributed by atoms with Gasteiger partial charge in [0, 0.05) is 18.7 Å². The Hall–Kier alpha value is -1.53. The molecule has 1 unspecified atom stereocenters. The fourth-order valence-electron chi connectivity index (χ4n) is 1.87. The first-order valence-electron chi connectivity index (χ1n) is 6.69. The number of hydrogen-bond acceptors (Lipinski definition) is 4. The molecule has 0 bridgehead atoms. The highest BCUT2D eigenvalue weighted by molar-refractivity contribution is 5.45. The highest BCUT2D eigenvalue weighted by Gasteiger charge is 2.46. The zero-order valence-electron chi connectivity index (χ0n) is 11.8. The van der Waals surface area contributed by atoms with Crippen molar-refractivity contribution in [2.24, 2.45) is 5.41 Å². The van der Waals surface area contributed by atoms with Gasteiger partial charge in [-0.1, -0.05) is 20.8 Å². The molecule has 1 atom stereocenters. The molecule has 0 radical (unpaired) electrons. The Bertz CT molecular complexity index is 485. The number of rotatable bonds is 5. The largest absolute Gasteiger partial charge is 0.433 e. The summed E-state index contributed by atoms with van der Waals surface area (Å²) >= 11 is 0. The average Bonchev–Trinajstić information content (AvgIpc) is 2.92. The van der Waals surface area contributed by atoms with Gasteiger partial charge in [-0.3, -0.25) is 0 Å². The molecule has 2 N–H and O–H groups in total. The normalized spacial score (nSPS) is 20.6. The minimum atomic E-state index is -4.47. The number of nitrogens with one attached hydrogen (secondary N) is 2. The smallest absolute Gasteiger partial charge is 0.367 e. The third-order valence-corrected chi connectivity index (χ3v) is 3.39. The van der Waals surface area contributed by atoms with Crippen LogP contribution in [0.4, 0.5) is 24.9 Å². The maximum absolute atomic E-state index is 12.8. The van der Waals surface area contributed by atoms with Gasteiger partial charge in [0.05, 0.1) is 0 Å². The highest BCUT2D eigenvalue weighted by atomic mass is 19.4.